The number of methoxy groups -OCH3 is 1. The Bertz CT molecular complexity index is 485. The predicted molar refractivity (Wildman–Crippen MR) is 99.1 cm³/mol. The molecule has 1 fully saturated rings. The van der Waals surface area contributed by atoms with Crippen LogP contribution in [0.25, 0.3) is 0 Å². The molecular weight excluding hydrogens is 302 g/mol. The van der Waals surface area contributed by atoms with Gasteiger partial charge >= 0.3 is 0 Å². The summed E-state index contributed by atoms with van der Waals surface area (Å²) >= 11 is 0. The zero-order chi connectivity index (χ0) is 17.2. The van der Waals surface area contributed by atoms with Gasteiger partial charge in [-0.05, 0) is 12.5 Å². The molecule has 1 atom stereocenters. The summed E-state index contributed by atoms with van der Waals surface area (Å²) in [7, 11) is 1.68. The molecule has 0 radical (unpaired) electrons. The van der Waals surface area contributed by atoms with Crippen LogP contribution in [-0.2, 0) is 11.3 Å². The van der Waals surface area contributed by atoms with Gasteiger partial charge in [-0.15, -0.1) is 0 Å². The van der Waals surface area contributed by atoms with Gasteiger partial charge in [0, 0.05) is 52.4 Å². The van der Waals surface area contributed by atoms with E-state index in [1.807, 2.05) is 6.92 Å². The lowest BCUT2D eigenvalue weighted by Gasteiger charge is -2.34. The molecule has 0 amide bonds. The fourth-order valence-corrected chi connectivity index (χ4v) is 2.91. The first-order chi connectivity index (χ1) is 11.7. The molecule has 6 nitrogen and oxygen atoms in total. The van der Waals surface area contributed by atoms with Crippen LogP contribution in [0.15, 0.2) is 35.3 Å². The van der Waals surface area contributed by atoms with Gasteiger partial charge < -0.3 is 15.8 Å². The van der Waals surface area contributed by atoms with Crippen LogP contribution in [0.2, 0.25) is 0 Å². The Kier molecular flexibility index (Phi) is 8.01. The van der Waals surface area contributed by atoms with Gasteiger partial charge in [-0.25, -0.2) is 0 Å². The molecule has 0 saturated carbocycles. The lowest BCUT2D eigenvalue weighted by atomic mass is 10.2. The highest BCUT2D eigenvalue weighted by Gasteiger charge is 2.16. The number of ether oxygens (including phenoxy) is 1. The van der Waals surface area contributed by atoms with Gasteiger partial charge in [0.25, 0.3) is 0 Å². The predicted octanol–water partition coefficient (Wildman–Crippen LogP) is 0.743. The van der Waals surface area contributed by atoms with E-state index >= 15 is 0 Å². The number of nitrogens with one attached hydrogen (secondary N) is 1. The van der Waals surface area contributed by atoms with Gasteiger partial charge in [-0.2, -0.15) is 0 Å². The van der Waals surface area contributed by atoms with E-state index in [-0.39, 0.29) is 6.04 Å². The lowest BCUT2D eigenvalue weighted by molar-refractivity contribution is 0.130. The number of benzene rings is 1. The van der Waals surface area contributed by atoms with E-state index in [9.17, 15) is 0 Å². The minimum Gasteiger partial charge on any atom is -0.383 e. The molecule has 134 valence electrons. The summed E-state index contributed by atoms with van der Waals surface area (Å²) in [4.78, 5) is 9.37. The first-order valence-corrected chi connectivity index (χ1v) is 8.71. The third kappa shape index (κ3) is 6.86. The Labute approximate surface area is 145 Å². The van der Waals surface area contributed by atoms with Crippen molar-refractivity contribution in [1.82, 2.24) is 15.1 Å². The largest absolute Gasteiger partial charge is 0.383 e. The number of nitrogens with two attached hydrogens (primary N) is 1. The standard InChI is InChI=1S/C18H31N5O/c1-16(15-24-2)21-18(19)20-8-9-22-10-12-23(13-11-22)14-17-6-4-3-5-7-17/h3-7,16H,8-15H2,1-2H3,(H3,19,20,21). The highest BCUT2D eigenvalue weighted by atomic mass is 16.5. The van der Waals surface area contributed by atoms with Gasteiger partial charge in [0.1, 0.15) is 0 Å². The van der Waals surface area contributed by atoms with Crippen LogP contribution in [0.1, 0.15) is 12.5 Å². The number of nitrogens with zero attached hydrogens (tertiary/aromatic N) is 3. The molecular formula is C18H31N5O. The van der Waals surface area contributed by atoms with Crippen molar-refractivity contribution in [2.45, 2.75) is 19.5 Å². The molecule has 1 saturated heterocycles. The monoisotopic (exact) mass is 333 g/mol. The molecule has 1 aliphatic heterocycles. The first kappa shape index (κ1) is 18.7. The molecule has 1 heterocycles. The molecule has 2 rings (SSSR count). The van der Waals surface area contributed by atoms with Gasteiger partial charge in [0.15, 0.2) is 5.96 Å². The summed E-state index contributed by atoms with van der Waals surface area (Å²) in [5.74, 6) is 0.502. The first-order valence-electron chi connectivity index (χ1n) is 8.71. The Hall–Kier alpha value is -1.63. The average molecular weight is 333 g/mol. The van der Waals surface area contributed by atoms with E-state index in [0.29, 0.717) is 12.6 Å². The maximum Gasteiger partial charge on any atom is 0.188 e. The average Bonchev–Trinajstić information content (AvgIpc) is 2.57. The number of rotatable bonds is 8. The van der Waals surface area contributed by atoms with E-state index in [1.54, 1.807) is 7.11 Å². The highest BCUT2D eigenvalue weighted by molar-refractivity contribution is 5.78. The highest BCUT2D eigenvalue weighted by Crippen LogP contribution is 2.08. The second kappa shape index (κ2) is 10.3. The molecule has 0 aromatic heterocycles. The molecule has 1 unspecified atom stereocenters. The summed E-state index contributed by atoms with van der Waals surface area (Å²) in [5, 5.41) is 3.13. The number of guanidine groups is 1. The van der Waals surface area contributed by atoms with Crippen molar-refractivity contribution in [1.29, 1.82) is 0 Å². The molecule has 1 aromatic rings. The van der Waals surface area contributed by atoms with Crippen molar-refractivity contribution in [3.63, 3.8) is 0 Å². The summed E-state index contributed by atoms with van der Waals surface area (Å²) in [6.07, 6.45) is 0. The van der Waals surface area contributed by atoms with Crippen LogP contribution in [0.3, 0.4) is 0 Å². The van der Waals surface area contributed by atoms with Gasteiger partial charge in [-0.1, -0.05) is 30.3 Å². The minimum absolute atomic E-state index is 0.181. The van der Waals surface area contributed by atoms with E-state index in [1.165, 1.54) is 5.56 Å². The summed E-state index contributed by atoms with van der Waals surface area (Å²) < 4.78 is 5.07. The molecule has 0 bridgehead atoms. The normalized spacial score (nSPS) is 18.5. The molecule has 24 heavy (non-hydrogen) atoms. The Morgan fingerprint density at radius 2 is 1.88 bits per heavy atom. The van der Waals surface area contributed by atoms with Crippen molar-refractivity contribution in [3.05, 3.63) is 35.9 Å². The Balaban J connectivity index is 1.62. The maximum absolute atomic E-state index is 5.89. The molecule has 6 heteroatoms. The Morgan fingerprint density at radius 3 is 2.54 bits per heavy atom. The zero-order valence-electron chi connectivity index (χ0n) is 14.9. The molecule has 3 N–H and O–H groups in total. The molecule has 1 aliphatic rings. The molecule has 0 aliphatic carbocycles. The topological polar surface area (TPSA) is 66.1 Å². The summed E-state index contributed by atoms with van der Waals surface area (Å²) in [6, 6.07) is 10.9. The van der Waals surface area contributed by atoms with Gasteiger partial charge in [-0.3, -0.25) is 14.8 Å². The number of aliphatic imine (C=N–C) groups is 1. The van der Waals surface area contributed by atoms with Crippen molar-refractivity contribution in [2.24, 2.45) is 10.7 Å². The SMILES string of the molecule is COCC(C)NC(N)=NCCN1CCN(Cc2ccccc2)CC1. The second-order valence-corrected chi connectivity index (χ2v) is 6.37. The van der Waals surface area contributed by atoms with Crippen molar-refractivity contribution in [3.8, 4) is 0 Å². The summed E-state index contributed by atoms with van der Waals surface area (Å²) in [6.45, 7) is 9.79. The van der Waals surface area contributed by atoms with E-state index < -0.39 is 0 Å². The number of piperazine rings is 1. The van der Waals surface area contributed by atoms with Crippen LogP contribution in [0.5, 0.6) is 0 Å². The van der Waals surface area contributed by atoms with Crippen molar-refractivity contribution in [2.75, 3.05) is 53.0 Å². The van der Waals surface area contributed by atoms with Crippen LogP contribution in [0.4, 0.5) is 0 Å². The number of hydrogen-bond acceptors (Lipinski definition) is 4. The third-order valence-corrected chi connectivity index (χ3v) is 4.22. The van der Waals surface area contributed by atoms with Crippen LogP contribution in [-0.4, -0.2) is 74.8 Å². The zero-order valence-corrected chi connectivity index (χ0v) is 14.9. The Morgan fingerprint density at radius 1 is 1.21 bits per heavy atom. The maximum atomic E-state index is 5.89. The van der Waals surface area contributed by atoms with Crippen LogP contribution >= 0.6 is 0 Å². The lowest BCUT2D eigenvalue weighted by Crippen LogP contribution is -2.47. The fourth-order valence-electron chi connectivity index (χ4n) is 2.91. The van der Waals surface area contributed by atoms with E-state index in [4.69, 9.17) is 10.5 Å². The number of hydrogen-bond donors (Lipinski definition) is 2. The van der Waals surface area contributed by atoms with Crippen LogP contribution in [0, 0.1) is 0 Å². The van der Waals surface area contributed by atoms with Crippen molar-refractivity contribution < 1.29 is 4.74 Å². The molecule has 1 aromatic carbocycles. The van der Waals surface area contributed by atoms with Gasteiger partial charge in [0.05, 0.1) is 13.2 Å². The smallest absolute Gasteiger partial charge is 0.188 e. The van der Waals surface area contributed by atoms with E-state index in [2.05, 4.69) is 50.4 Å². The summed E-state index contributed by atoms with van der Waals surface area (Å²) in [5.41, 5.74) is 7.27. The second-order valence-electron chi connectivity index (χ2n) is 6.37. The fraction of sp³-hybridized carbons (Fsp3) is 0.611. The van der Waals surface area contributed by atoms with E-state index in [0.717, 1.165) is 45.8 Å². The van der Waals surface area contributed by atoms with Gasteiger partial charge in [0.2, 0.25) is 0 Å². The minimum atomic E-state index is 0.181. The van der Waals surface area contributed by atoms with Crippen LogP contribution < -0.4 is 11.1 Å². The third-order valence-electron chi connectivity index (χ3n) is 4.22. The van der Waals surface area contributed by atoms with Crippen molar-refractivity contribution >= 4 is 5.96 Å². The quantitative estimate of drug-likeness (QED) is 0.543. The molecule has 0 spiro atoms.